The highest BCUT2D eigenvalue weighted by Crippen LogP contribution is 2.49. The number of pyridine rings is 1. The first-order valence-corrected chi connectivity index (χ1v) is 8.02. The highest BCUT2D eigenvalue weighted by atomic mass is 19.1. The molecule has 2 saturated carbocycles. The Morgan fingerprint density at radius 3 is 2.19 bits per heavy atom. The van der Waals surface area contributed by atoms with Crippen molar-refractivity contribution < 1.29 is 8.78 Å². The number of anilines is 2. The molecule has 0 bridgehead atoms. The second-order valence-electron chi connectivity index (χ2n) is 6.30. The van der Waals surface area contributed by atoms with Crippen molar-refractivity contribution in [3.63, 3.8) is 0 Å². The molecule has 0 aliphatic heterocycles. The molecule has 2 aliphatic carbocycles. The molecule has 21 heavy (non-hydrogen) atoms. The van der Waals surface area contributed by atoms with Gasteiger partial charge in [0.2, 0.25) is 0 Å². The molecule has 0 saturated heterocycles. The third-order valence-corrected chi connectivity index (χ3v) is 4.43. The van der Waals surface area contributed by atoms with Crippen molar-refractivity contribution in [1.82, 2.24) is 4.98 Å². The molecule has 1 aromatic rings. The van der Waals surface area contributed by atoms with Gasteiger partial charge < -0.3 is 10.6 Å². The summed E-state index contributed by atoms with van der Waals surface area (Å²) in [6.07, 6.45) is 6.06. The maximum Gasteiger partial charge on any atom is 0.168 e. The predicted octanol–water partition coefficient (Wildman–Crippen LogP) is 4.03. The van der Waals surface area contributed by atoms with E-state index >= 15 is 0 Å². The molecule has 0 atom stereocenters. The van der Waals surface area contributed by atoms with E-state index < -0.39 is 11.6 Å². The van der Waals surface area contributed by atoms with Crippen molar-refractivity contribution in [2.24, 2.45) is 17.8 Å². The van der Waals surface area contributed by atoms with Crippen molar-refractivity contribution >= 4 is 11.6 Å². The fourth-order valence-corrected chi connectivity index (χ4v) is 2.94. The van der Waals surface area contributed by atoms with Crippen LogP contribution < -0.4 is 10.6 Å². The Balaban J connectivity index is 1.65. The summed E-state index contributed by atoms with van der Waals surface area (Å²) in [7, 11) is 0. The average molecular weight is 295 g/mol. The lowest BCUT2D eigenvalue weighted by Crippen LogP contribution is -2.20. The van der Waals surface area contributed by atoms with Gasteiger partial charge in [-0.05, 0) is 49.9 Å². The van der Waals surface area contributed by atoms with Gasteiger partial charge >= 0.3 is 0 Å². The van der Waals surface area contributed by atoms with Gasteiger partial charge in [0.1, 0.15) is 0 Å². The van der Waals surface area contributed by atoms with Gasteiger partial charge in [0, 0.05) is 19.2 Å². The van der Waals surface area contributed by atoms with Crippen LogP contribution >= 0.6 is 0 Å². The van der Waals surface area contributed by atoms with Crippen LogP contribution in [0.15, 0.2) is 6.07 Å². The zero-order valence-corrected chi connectivity index (χ0v) is 12.5. The van der Waals surface area contributed by atoms with Gasteiger partial charge in [0.05, 0.1) is 0 Å². The van der Waals surface area contributed by atoms with Crippen LogP contribution in [0.25, 0.3) is 0 Å². The Hall–Kier alpha value is -1.39. The van der Waals surface area contributed by atoms with Crippen molar-refractivity contribution in [1.29, 1.82) is 0 Å². The van der Waals surface area contributed by atoms with E-state index in [1.165, 1.54) is 25.7 Å². The molecule has 0 aromatic carbocycles. The molecule has 0 spiro atoms. The number of rotatable bonds is 8. The largest absolute Gasteiger partial charge is 0.368 e. The summed E-state index contributed by atoms with van der Waals surface area (Å²) in [5.74, 6) is 1.28. The average Bonchev–Trinajstić information content (AvgIpc) is 3.34. The van der Waals surface area contributed by atoms with E-state index in [1.807, 2.05) is 6.92 Å². The molecule has 0 unspecified atom stereocenters. The maximum absolute atomic E-state index is 13.8. The van der Waals surface area contributed by atoms with E-state index in [-0.39, 0.29) is 11.6 Å². The van der Waals surface area contributed by atoms with Crippen LogP contribution in [-0.4, -0.2) is 18.1 Å². The van der Waals surface area contributed by atoms with E-state index in [2.05, 4.69) is 15.6 Å². The minimum Gasteiger partial charge on any atom is -0.368 e. The third-order valence-electron chi connectivity index (χ3n) is 4.43. The molecule has 2 fully saturated rings. The topological polar surface area (TPSA) is 37.0 Å². The van der Waals surface area contributed by atoms with E-state index in [9.17, 15) is 8.78 Å². The summed E-state index contributed by atoms with van der Waals surface area (Å²) in [5.41, 5.74) is 0. The Bertz CT molecular complexity index is 487. The Labute approximate surface area is 124 Å². The molecule has 5 heteroatoms. The standard InChI is InChI=1S/C16H23F2N3/c1-2-7-19-15-13(17)8-14(18)16(21-15)20-9-12(10-3-4-10)11-5-6-11/h8,10-12H,2-7,9H2,1H3,(H2,19,20,21). The highest BCUT2D eigenvalue weighted by Gasteiger charge is 2.41. The molecular weight excluding hydrogens is 272 g/mol. The summed E-state index contributed by atoms with van der Waals surface area (Å²) in [6, 6.07) is 0.913. The van der Waals surface area contributed by atoms with Gasteiger partial charge in [0.15, 0.2) is 23.3 Å². The van der Waals surface area contributed by atoms with E-state index in [0.717, 1.165) is 30.9 Å². The van der Waals surface area contributed by atoms with Crippen LogP contribution in [0.4, 0.5) is 20.4 Å². The van der Waals surface area contributed by atoms with E-state index in [0.29, 0.717) is 12.5 Å². The second-order valence-corrected chi connectivity index (χ2v) is 6.30. The van der Waals surface area contributed by atoms with Gasteiger partial charge in [-0.2, -0.15) is 0 Å². The van der Waals surface area contributed by atoms with E-state index in [1.54, 1.807) is 0 Å². The van der Waals surface area contributed by atoms with Crippen LogP contribution in [0.5, 0.6) is 0 Å². The molecule has 0 amide bonds. The smallest absolute Gasteiger partial charge is 0.168 e. The quantitative estimate of drug-likeness (QED) is 0.760. The third kappa shape index (κ3) is 3.63. The number of aromatic nitrogens is 1. The number of hydrogen-bond donors (Lipinski definition) is 2. The molecular formula is C16H23F2N3. The van der Waals surface area contributed by atoms with Crippen LogP contribution in [0.1, 0.15) is 39.0 Å². The van der Waals surface area contributed by atoms with Crippen LogP contribution in [0.2, 0.25) is 0 Å². The van der Waals surface area contributed by atoms with Gasteiger partial charge in [-0.15, -0.1) is 0 Å². The van der Waals surface area contributed by atoms with Crippen LogP contribution in [0.3, 0.4) is 0 Å². The van der Waals surface area contributed by atoms with Crippen molar-refractivity contribution in [2.45, 2.75) is 39.0 Å². The molecule has 1 aromatic heterocycles. The zero-order chi connectivity index (χ0) is 14.8. The van der Waals surface area contributed by atoms with Gasteiger partial charge in [-0.1, -0.05) is 6.92 Å². The molecule has 116 valence electrons. The van der Waals surface area contributed by atoms with E-state index in [4.69, 9.17) is 0 Å². The highest BCUT2D eigenvalue weighted by molar-refractivity contribution is 5.47. The van der Waals surface area contributed by atoms with Crippen molar-refractivity contribution in [3.8, 4) is 0 Å². The molecule has 2 aliphatic rings. The molecule has 1 heterocycles. The van der Waals surface area contributed by atoms with Gasteiger partial charge in [-0.3, -0.25) is 0 Å². The lowest BCUT2D eigenvalue weighted by molar-refractivity contribution is 0.426. The maximum atomic E-state index is 13.8. The fourth-order valence-electron chi connectivity index (χ4n) is 2.94. The molecule has 3 rings (SSSR count). The van der Waals surface area contributed by atoms with Crippen LogP contribution in [0, 0.1) is 29.4 Å². The summed E-state index contributed by atoms with van der Waals surface area (Å²) in [6.45, 7) is 3.36. The summed E-state index contributed by atoms with van der Waals surface area (Å²) < 4.78 is 27.5. The lowest BCUT2D eigenvalue weighted by atomic mass is 9.98. The Morgan fingerprint density at radius 2 is 1.67 bits per heavy atom. The summed E-state index contributed by atoms with van der Waals surface area (Å²) in [5, 5.41) is 6.00. The predicted molar refractivity (Wildman–Crippen MR) is 80.4 cm³/mol. The second kappa shape index (κ2) is 6.16. The number of nitrogens with one attached hydrogen (secondary N) is 2. The first-order valence-electron chi connectivity index (χ1n) is 8.02. The van der Waals surface area contributed by atoms with Crippen molar-refractivity contribution in [2.75, 3.05) is 23.7 Å². The lowest BCUT2D eigenvalue weighted by Gasteiger charge is -2.17. The molecule has 0 radical (unpaired) electrons. The van der Waals surface area contributed by atoms with Crippen molar-refractivity contribution in [3.05, 3.63) is 17.7 Å². The number of halogens is 2. The first-order chi connectivity index (χ1) is 10.2. The fraction of sp³-hybridized carbons (Fsp3) is 0.688. The van der Waals surface area contributed by atoms with Gasteiger partial charge in [-0.25, -0.2) is 13.8 Å². The van der Waals surface area contributed by atoms with Crippen LogP contribution in [-0.2, 0) is 0 Å². The summed E-state index contributed by atoms with van der Waals surface area (Å²) >= 11 is 0. The minimum absolute atomic E-state index is 0.134. The normalized spacial score (nSPS) is 18.1. The monoisotopic (exact) mass is 295 g/mol. The summed E-state index contributed by atoms with van der Waals surface area (Å²) in [4.78, 5) is 4.07. The minimum atomic E-state index is -0.632. The first kappa shape index (κ1) is 14.5. The zero-order valence-electron chi connectivity index (χ0n) is 12.5. The van der Waals surface area contributed by atoms with Gasteiger partial charge in [0.25, 0.3) is 0 Å². The molecule has 2 N–H and O–H groups in total. The molecule has 3 nitrogen and oxygen atoms in total. The number of nitrogens with zero attached hydrogens (tertiary/aromatic N) is 1. The Kier molecular flexibility index (Phi) is 4.27. The number of hydrogen-bond acceptors (Lipinski definition) is 3. The Morgan fingerprint density at radius 1 is 1.10 bits per heavy atom. The SMILES string of the molecule is CCCNc1nc(NCC(C2CC2)C2CC2)c(F)cc1F.